The first-order chi connectivity index (χ1) is 15.3. The molecule has 0 atom stereocenters. The fraction of sp³-hybridized carbons (Fsp3) is 0.348. The molecular weight excluding hydrogens is 392 g/mol. The van der Waals surface area contributed by atoms with Gasteiger partial charge in [0.2, 0.25) is 11.8 Å². The highest BCUT2D eigenvalue weighted by Crippen LogP contribution is 2.24. The molecule has 3 aromatic heterocycles. The third-order valence-electron chi connectivity index (χ3n) is 5.52. The van der Waals surface area contributed by atoms with E-state index in [1.54, 1.807) is 10.8 Å². The molecule has 4 aromatic rings. The van der Waals surface area contributed by atoms with Gasteiger partial charge in [-0.25, -0.2) is 9.97 Å². The van der Waals surface area contributed by atoms with Crippen molar-refractivity contribution in [1.82, 2.24) is 24.5 Å². The Morgan fingerprint density at radius 2 is 2.06 bits per heavy atom. The van der Waals surface area contributed by atoms with E-state index in [4.69, 9.17) is 14.1 Å². The number of ether oxygens (including phenoxy) is 1. The van der Waals surface area contributed by atoms with Crippen molar-refractivity contribution in [2.45, 2.75) is 26.4 Å². The van der Waals surface area contributed by atoms with Gasteiger partial charge in [0.15, 0.2) is 11.4 Å². The van der Waals surface area contributed by atoms with Crippen LogP contribution in [0.1, 0.15) is 23.6 Å². The Morgan fingerprint density at radius 1 is 1.16 bits per heavy atom. The zero-order valence-corrected chi connectivity index (χ0v) is 17.6. The van der Waals surface area contributed by atoms with Gasteiger partial charge in [0.25, 0.3) is 0 Å². The van der Waals surface area contributed by atoms with E-state index in [0.717, 1.165) is 37.3 Å². The zero-order chi connectivity index (χ0) is 21.0. The van der Waals surface area contributed by atoms with Gasteiger partial charge < -0.3 is 14.5 Å². The van der Waals surface area contributed by atoms with Crippen LogP contribution in [0.15, 0.2) is 53.3 Å². The molecule has 8 nitrogen and oxygen atoms in total. The predicted molar refractivity (Wildman–Crippen MR) is 118 cm³/mol. The fourth-order valence-corrected chi connectivity index (χ4v) is 3.97. The first-order valence-corrected chi connectivity index (χ1v) is 10.7. The largest absolute Gasteiger partial charge is 0.461 e. The van der Waals surface area contributed by atoms with Gasteiger partial charge in [-0.15, -0.1) is 5.10 Å². The van der Waals surface area contributed by atoms with E-state index in [2.05, 4.69) is 44.6 Å². The molecule has 1 aliphatic rings. The van der Waals surface area contributed by atoms with E-state index >= 15 is 0 Å². The summed E-state index contributed by atoms with van der Waals surface area (Å²) in [5, 5.41) is 7.98. The number of nitrogens with zero attached hydrogens (tertiary/aromatic N) is 5. The molecule has 4 heterocycles. The number of furan rings is 1. The molecule has 1 N–H and O–H groups in total. The Kier molecular flexibility index (Phi) is 5.64. The summed E-state index contributed by atoms with van der Waals surface area (Å²) in [7, 11) is 0. The highest BCUT2D eigenvalue weighted by molar-refractivity contribution is 5.58. The molecule has 0 spiro atoms. The summed E-state index contributed by atoms with van der Waals surface area (Å²) in [5.74, 6) is 1.84. The van der Waals surface area contributed by atoms with Gasteiger partial charge in [0.1, 0.15) is 0 Å². The number of anilines is 1. The molecule has 0 aliphatic carbocycles. The smallest absolute Gasteiger partial charge is 0.225 e. The molecule has 1 aromatic carbocycles. The Balaban J connectivity index is 1.44. The quantitative estimate of drug-likeness (QED) is 0.439. The monoisotopic (exact) mass is 418 g/mol. The number of fused-ring (bicyclic) bond motifs is 2. The Morgan fingerprint density at radius 3 is 2.90 bits per heavy atom. The molecule has 8 heteroatoms. The second-order valence-corrected chi connectivity index (χ2v) is 7.61. The highest BCUT2D eigenvalue weighted by Gasteiger charge is 2.20. The molecule has 0 saturated heterocycles. The van der Waals surface area contributed by atoms with E-state index in [1.165, 1.54) is 11.1 Å². The lowest BCUT2D eigenvalue weighted by molar-refractivity contribution is 0.158. The third-order valence-corrected chi connectivity index (χ3v) is 5.52. The fourth-order valence-electron chi connectivity index (χ4n) is 3.97. The minimum Gasteiger partial charge on any atom is -0.461 e. The highest BCUT2D eigenvalue weighted by atomic mass is 16.5. The standard InChI is InChI=1S/C23H26N6O2/c1-2-30-13-10-24-23-25-14-19(16-28-11-9-17-6-3-4-7-18(17)15-28)22-26-21(27-29(22)23)20-8-5-12-31-20/h3-8,12,14H,2,9-11,13,15-16H2,1H3,(H,24,25). The van der Waals surface area contributed by atoms with Crippen molar-refractivity contribution in [3.05, 3.63) is 65.5 Å². The van der Waals surface area contributed by atoms with Gasteiger partial charge in [-0.05, 0) is 36.6 Å². The molecule has 0 amide bonds. The lowest BCUT2D eigenvalue weighted by Gasteiger charge is -2.28. The normalized spacial score (nSPS) is 14.1. The minimum atomic E-state index is 0.552. The van der Waals surface area contributed by atoms with Crippen molar-refractivity contribution < 1.29 is 9.15 Å². The molecule has 1 aliphatic heterocycles. The van der Waals surface area contributed by atoms with Crippen LogP contribution >= 0.6 is 0 Å². The van der Waals surface area contributed by atoms with Gasteiger partial charge in [0, 0.05) is 44.5 Å². The zero-order valence-electron chi connectivity index (χ0n) is 17.6. The van der Waals surface area contributed by atoms with Crippen molar-refractivity contribution in [3.8, 4) is 11.6 Å². The van der Waals surface area contributed by atoms with Crippen LogP contribution in [0.5, 0.6) is 0 Å². The maximum absolute atomic E-state index is 5.52. The van der Waals surface area contributed by atoms with Gasteiger partial charge >= 0.3 is 0 Å². The Labute approximate surface area is 180 Å². The summed E-state index contributed by atoms with van der Waals surface area (Å²) in [6.07, 6.45) is 4.59. The van der Waals surface area contributed by atoms with E-state index in [0.29, 0.717) is 37.3 Å². The van der Waals surface area contributed by atoms with Gasteiger partial charge in [0.05, 0.1) is 12.9 Å². The van der Waals surface area contributed by atoms with Crippen LogP contribution in [0.2, 0.25) is 0 Å². The second-order valence-electron chi connectivity index (χ2n) is 7.61. The Hall–Kier alpha value is -3.23. The number of rotatable bonds is 8. The van der Waals surface area contributed by atoms with Crippen LogP contribution in [0.25, 0.3) is 17.2 Å². The predicted octanol–water partition coefficient (Wildman–Crippen LogP) is 3.39. The summed E-state index contributed by atoms with van der Waals surface area (Å²) in [4.78, 5) is 11.9. The molecule has 31 heavy (non-hydrogen) atoms. The summed E-state index contributed by atoms with van der Waals surface area (Å²) in [6, 6.07) is 12.4. The van der Waals surface area contributed by atoms with Gasteiger partial charge in [-0.2, -0.15) is 4.52 Å². The molecule has 160 valence electrons. The molecule has 0 fully saturated rings. The van der Waals surface area contributed by atoms with Crippen molar-refractivity contribution in [2.75, 3.05) is 31.6 Å². The van der Waals surface area contributed by atoms with Crippen LogP contribution < -0.4 is 5.32 Å². The third kappa shape index (κ3) is 4.17. The number of nitrogens with one attached hydrogen (secondary N) is 1. The van der Waals surface area contributed by atoms with Crippen molar-refractivity contribution in [3.63, 3.8) is 0 Å². The number of hydrogen-bond donors (Lipinski definition) is 1. The minimum absolute atomic E-state index is 0.552. The molecule has 0 saturated carbocycles. The topological polar surface area (TPSA) is 80.7 Å². The van der Waals surface area contributed by atoms with E-state index in [-0.39, 0.29) is 0 Å². The van der Waals surface area contributed by atoms with Crippen LogP contribution in [0.3, 0.4) is 0 Å². The van der Waals surface area contributed by atoms with E-state index in [1.807, 2.05) is 25.3 Å². The average Bonchev–Trinajstić information content (AvgIpc) is 3.48. The van der Waals surface area contributed by atoms with E-state index < -0.39 is 0 Å². The van der Waals surface area contributed by atoms with Crippen LogP contribution in [-0.4, -0.2) is 50.8 Å². The molecule has 0 unspecified atom stereocenters. The molecule has 0 radical (unpaired) electrons. The number of hydrogen-bond acceptors (Lipinski definition) is 7. The average molecular weight is 419 g/mol. The molecular formula is C23H26N6O2. The van der Waals surface area contributed by atoms with Gasteiger partial charge in [-0.1, -0.05) is 24.3 Å². The SMILES string of the molecule is CCOCCNc1ncc(CN2CCc3ccccc3C2)c2nc(-c3ccco3)nn12. The maximum Gasteiger partial charge on any atom is 0.225 e. The summed E-state index contributed by atoms with van der Waals surface area (Å²) >= 11 is 0. The second kappa shape index (κ2) is 8.87. The summed E-state index contributed by atoms with van der Waals surface area (Å²) in [5.41, 5.74) is 4.67. The summed E-state index contributed by atoms with van der Waals surface area (Å²) < 4.78 is 12.7. The summed E-state index contributed by atoms with van der Waals surface area (Å²) in [6.45, 7) is 6.63. The first kappa shape index (κ1) is 19.7. The number of aromatic nitrogens is 4. The van der Waals surface area contributed by atoms with Crippen LogP contribution in [0.4, 0.5) is 5.95 Å². The maximum atomic E-state index is 5.52. The molecule has 0 bridgehead atoms. The number of benzene rings is 1. The lowest BCUT2D eigenvalue weighted by atomic mass is 10.00. The van der Waals surface area contributed by atoms with Crippen LogP contribution in [-0.2, 0) is 24.2 Å². The van der Waals surface area contributed by atoms with Crippen molar-refractivity contribution in [1.29, 1.82) is 0 Å². The molecule has 5 rings (SSSR count). The van der Waals surface area contributed by atoms with Gasteiger partial charge in [-0.3, -0.25) is 4.90 Å². The Bertz CT molecular complexity index is 1150. The lowest BCUT2D eigenvalue weighted by Crippen LogP contribution is -2.30. The first-order valence-electron chi connectivity index (χ1n) is 10.7. The van der Waals surface area contributed by atoms with Crippen molar-refractivity contribution >= 4 is 11.6 Å². The van der Waals surface area contributed by atoms with Crippen molar-refractivity contribution in [2.24, 2.45) is 0 Å². The van der Waals surface area contributed by atoms with E-state index in [9.17, 15) is 0 Å². The van der Waals surface area contributed by atoms with Crippen LogP contribution in [0, 0.1) is 0 Å².